The van der Waals surface area contributed by atoms with Crippen molar-refractivity contribution in [3.63, 3.8) is 0 Å². The molecule has 3 aromatic carbocycles. The molecule has 0 atom stereocenters. The molecule has 0 saturated heterocycles. The summed E-state index contributed by atoms with van der Waals surface area (Å²) < 4.78 is 80.9. The quantitative estimate of drug-likeness (QED) is 0.224. The Morgan fingerprint density at radius 2 is 1.67 bits per heavy atom. The largest absolute Gasteiger partial charge is 0.417 e. The van der Waals surface area contributed by atoms with E-state index in [9.17, 15) is 30.8 Å². The maximum Gasteiger partial charge on any atom is 0.417 e. The van der Waals surface area contributed by atoms with Crippen molar-refractivity contribution >= 4 is 45.3 Å². The highest BCUT2D eigenvalue weighted by molar-refractivity contribution is 7.89. The number of carbonyl (C=O) groups excluding carboxylic acids is 1. The number of hydrogen-bond acceptors (Lipinski definition) is 4. The molecule has 13 heteroatoms. The molecule has 6 nitrogen and oxygen atoms in total. The van der Waals surface area contributed by atoms with Crippen molar-refractivity contribution < 1.29 is 30.8 Å². The highest BCUT2D eigenvalue weighted by atomic mass is 35.5. The third kappa shape index (κ3) is 6.82. The summed E-state index contributed by atoms with van der Waals surface area (Å²) >= 11 is 11.9. The number of benzene rings is 3. The number of alkyl halides is 3. The van der Waals surface area contributed by atoms with Gasteiger partial charge in [-0.2, -0.15) is 22.6 Å². The fraction of sp³-hybridized carbons (Fsp3) is 0.130. The molecule has 0 heterocycles. The molecule has 0 aliphatic rings. The van der Waals surface area contributed by atoms with Gasteiger partial charge in [0.15, 0.2) is 0 Å². The second-order valence-electron chi connectivity index (χ2n) is 7.31. The molecule has 1 N–H and O–H groups in total. The average Bonchev–Trinajstić information content (AvgIpc) is 2.80. The van der Waals surface area contributed by atoms with Crippen LogP contribution in [0.4, 0.5) is 17.6 Å². The van der Waals surface area contributed by atoms with Gasteiger partial charge in [0.2, 0.25) is 10.0 Å². The Labute approximate surface area is 214 Å². The molecule has 0 fully saturated rings. The number of nitrogens with one attached hydrogen (secondary N) is 1. The van der Waals surface area contributed by atoms with Crippen LogP contribution in [0.5, 0.6) is 0 Å². The van der Waals surface area contributed by atoms with Crippen LogP contribution in [0.25, 0.3) is 0 Å². The topological polar surface area (TPSA) is 78.8 Å². The molecule has 36 heavy (non-hydrogen) atoms. The van der Waals surface area contributed by atoms with Crippen LogP contribution in [0.2, 0.25) is 10.0 Å². The van der Waals surface area contributed by atoms with E-state index < -0.39 is 46.6 Å². The number of rotatable bonds is 8. The Morgan fingerprint density at radius 3 is 2.31 bits per heavy atom. The second-order valence-corrected chi connectivity index (χ2v) is 10.1. The number of sulfonamides is 1. The molecular formula is C23H17Cl2F4N3O3S. The van der Waals surface area contributed by atoms with E-state index >= 15 is 0 Å². The predicted molar refractivity (Wildman–Crippen MR) is 128 cm³/mol. The molecule has 0 saturated carbocycles. The van der Waals surface area contributed by atoms with Gasteiger partial charge in [-0.25, -0.2) is 18.2 Å². The molecule has 0 bridgehead atoms. The monoisotopic (exact) mass is 561 g/mol. The highest BCUT2D eigenvalue weighted by Crippen LogP contribution is 2.31. The van der Waals surface area contributed by atoms with Gasteiger partial charge in [0, 0.05) is 27.7 Å². The van der Waals surface area contributed by atoms with Crippen LogP contribution in [-0.4, -0.2) is 31.4 Å². The summed E-state index contributed by atoms with van der Waals surface area (Å²) in [7, 11) is -4.36. The van der Waals surface area contributed by atoms with Crippen LogP contribution in [0.15, 0.2) is 76.7 Å². The number of halogens is 6. The third-order valence-electron chi connectivity index (χ3n) is 4.83. The first-order valence-electron chi connectivity index (χ1n) is 10.1. The summed E-state index contributed by atoms with van der Waals surface area (Å²) in [6.07, 6.45) is -3.86. The minimum atomic E-state index is -4.64. The van der Waals surface area contributed by atoms with Gasteiger partial charge in [-0.15, -0.1) is 0 Å². The first kappa shape index (κ1) is 27.6. The fourth-order valence-corrected chi connectivity index (χ4v) is 4.79. The lowest BCUT2D eigenvalue weighted by atomic mass is 10.1. The van der Waals surface area contributed by atoms with E-state index in [1.165, 1.54) is 48.5 Å². The van der Waals surface area contributed by atoms with Crippen molar-refractivity contribution in [2.24, 2.45) is 5.10 Å². The standard InChI is InChI=1S/C23H17Cl2F4N3O3S/c24-16-8-10-17(11-9-16)36(34,35)32(13-18-20(25)6-3-7-21(18)26)14-22(33)31-30-12-15-4-1-2-5-19(15)23(27,28)29/h1-12H,13-14H2,(H,31,33)/b30-12-. The Hall–Kier alpha value is -2.99. The minimum absolute atomic E-state index is 0.0616. The summed E-state index contributed by atoms with van der Waals surface area (Å²) in [4.78, 5) is 12.3. The maximum atomic E-state index is 14.4. The van der Waals surface area contributed by atoms with E-state index in [1.807, 2.05) is 5.43 Å². The Balaban J connectivity index is 1.86. The van der Waals surface area contributed by atoms with Crippen molar-refractivity contribution in [3.05, 3.63) is 99.3 Å². The predicted octanol–water partition coefficient (Wildman–Crippen LogP) is 5.49. The number of nitrogens with zero attached hydrogens (tertiary/aromatic N) is 2. The SMILES string of the molecule is O=C(CN(Cc1c(F)cccc1Cl)S(=O)(=O)c1ccc(Cl)cc1)N/N=C\c1ccccc1C(F)(F)F. The molecule has 0 spiro atoms. The number of amides is 1. The summed E-state index contributed by atoms with van der Waals surface area (Å²) in [5.41, 5.74) is 0.544. The van der Waals surface area contributed by atoms with Crippen LogP contribution in [0, 0.1) is 5.82 Å². The first-order chi connectivity index (χ1) is 16.9. The van der Waals surface area contributed by atoms with E-state index in [0.717, 1.165) is 24.4 Å². The minimum Gasteiger partial charge on any atom is -0.272 e. The normalized spacial score (nSPS) is 12.3. The number of hydrogen-bond donors (Lipinski definition) is 1. The molecule has 3 aromatic rings. The van der Waals surface area contributed by atoms with E-state index in [0.29, 0.717) is 4.31 Å². The number of hydrazone groups is 1. The van der Waals surface area contributed by atoms with Gasteiger partial charge in [-0.1, -0.05) is 47.5 Å². The lowest BCUT2D eigenvalue weighted by Crippen LogP contribution is -2.39. The van der Waals surface area contributed by atoms with Crippen LogP contribution in [-0.2, 0) is 27.5 Å². The van der Waals surface area contributed by atoms with Gasteiger partial charge >= 0.3 is 6.18 Å². The third-order valence-corrected chi connectivity index (χ3v) is 7.24. The van der Waals surface area contributed by atoms with Crippen molar-refractivity contribution in [1.29, 1.82) is 0 Å². The van der Waals surface area contributed by atoms with Crippen molar-refractivity contribution in [2.75, 3.05) is 6.54 Å². The lowest BCUT2D eigenvalue weighted by molar-refractivity contribution is -0.137. The van der Waals surface area contributed by atoms with Crippen LogP contribution in [0.3, 0.4) is 0 Å². The van der Waals surface area contributed by atoms with E-state index in [1.54, 1.807) is 0 Å². The Bertz CT molecular complexity index is 1360. The molecule has 3 rings (SSSR count). The average molecular weight is 562 g/mol. The first-order valence-corrected chi connectivity index (χ1v) is 12.3. The molecule has 0 aromatic heterocycles. The zero-order valence-corrected chi connectivity index (χ0v) is 20.5. The van der Waals surface area contributed by atoms with Crippen molar-refractivity contribution in [2.45, 2.75) is 17.6 Å². The Kier molecular flexibility index (Phi) is 8.72. The summed E-state index contributed by atoms with van der Waals surface area (Å²) in [6.45, 7) is -1.45. The molecule has 0 aliphatic carbocycles. The Morgan fingerprint density at radius 1 is 1.00 bits per heavy atom. The van der Waals surface area contributed by atoms with Crippen LogP contribution >= 0.6 is 23.2 Å². The molecule has 1 amide bonds. The molecule has 190 valence electrons. The van der Waals surface area contributed by atoms with E-state index in [4.69, 9.17) is 23.2 Å². The fourth-order valence-electron chi connectivity index (χ4n) is 3.08. The van der Waals surface area contributed by atoms with Crippen molar-refractivity contribution in [1.82, 2.24) is 9.73 Å². The van der Waals surface area contributed by atoms with Gasteiger partial charge in [0.25, 0.3) is 5.91 Å². The lowest BCUT2D eigenvalue weighted by Gasteiger charge is -2.22. The van der Waals surface area contributed by atoms with Crippen LogP contribution < -0.4 is 5.43 Å². The van der Waals surface area contributed by atoms with Gasteiger partial charge in [0.05, 0.1) is 23.2 Å². The smallest absolute Gasteiger partial charge is 0.272 e. The van der Waals surface area contributed by atoms with Gasteiger partial charge < -0.3 is 0 Å². The van der Waals surface area contributed by atoms with Gasteiger partial charge in [-0.05, 0) is 42.5 Å². The maximum absolute atomic E-state index is 14.4. The summed E-state index contributed by atoms with van der Waals surface area (Å²) in [5.74, 6) is -1.78. The van der Waals surface area contributed by atoms with E-state index in [-0.39, 0.29) is 26.1 Å². The molecule has 0 aliphatic heterocycles. The van der Waals surface area contributed by atoms with Gasteiger partial charge in [0.1, 0.15) is 5.82 Å². The summed E-state index contributed by atoms with van der Waals surface area (Å²) in [5, 5.41) is 3.72. The van der Waals surface area contributed by atoms with Gasteiger partial charge in [-0.3, -0.25) is 4.79 Å². The van der Waals surface area contributed by atoms with Crippen molar-refractivity contribution in [3.8, 4) is 0 Å². The second kappa shape index (κ2) is 11.4. The summed E-state index contributed by atoms with van der Waals surface area (Å²) in [6, 6.07) is 13.4. The molecule has 0 unspecified atom stereocenters. The highest BCUT2D eigenvalue weighted by Gasteiger charge is 2.32. The number of carbonyl (C=O) groups is 1. The van der Waals surface area contributed by atoms with E-state index in [2.05, 4.69) is 5.10 Å². The zero-order valence-electron chi connectivity index (χ0n) is 18.1. The zero-order chi connectivity index (χ0) is 26.5. The molecule has 0 radical (unpaired) electrons. The van der Waals surface area contributed by atoms with Crippen LogP contribution in [0.1, 0.15) is 16.7 Å². The molecular weight excluding hydrogens is 545 g/mol.